The molecule has 0 unspecified atom stereocenters. The lowest BCUT2D eigenvalue weighted by atomic mass is 9.99. The molecule has 19 heavy (non-hydrogen) atoms. The van der Waals surface area contributed by atoms with Gasteiger partial charge in [-0.1, -0.05) is 19.1 Å². The monoisotopic (exact) mass is 278 g/mol. The van der Waals surface area contributed by atoms with E-state index in [1.807, 2.05) is 38.7 Å². The number of rotatable bonds is 3. The number of hydrogen-bond acceptors (Lipinski definition) is 2. The summed E-state index contributed by atoms with van der Waals surface area (Å²) in [4.78, 5) is 0. The van der Waals surface area contributed by atoms with Gasteiger partial charge in [0, 0.05) is 33.7 Å². The summed E-state index contributed by atoms with van der Waals surface area (Å²) >= 11 is 0. The zero-order chi connectivity index (χ0) is 14.2. The minimum Gasteiger partial charge on any atom is -0.268 e. The molecule has 104 valence electrons. The standard InChI is InChI=1S/C15H22N2OS/c1-11(10-19(18)15(2,3)4)12-7-6-8-14-13(12)9-16-17(14)5/h6-9,11H,10H2,1-5H3/t11-,19+/m0/s1. The molecule has 0 N–H and O–H groups in total. The van der Waals surface area contributed by atoms with Crippen LogP contribution in [0.15, 0.2) is 24.4 Å². The number of aryl methyl sites for hydroxylation is 1. The molecular formula is C15H22N2OS. The molecule has 0 fully saturated rings. The van der Waals surface area contributed by atoms with Gasteiger partial charge >= 0.3 is 0 Å². The fraction of sp³-hybridized carbons (Fsp3) is 0.533. The van der Waals surface area contributed by atoms with Gasteiger partial charge in [-0.3, -0.25) is 8.89 Å². The Morgan fingerprint density at radius 2 is 2.05 bits per heavy atom. The van der Waals surface area contributed by atoms with Crippen LogP contribution < -0.4 is 0 Å². The maximum atomic E-state index is 12.3. The van der Waals surface area contributed by atoms with Crippen molar-refractivity contribution in [3.8, 4) is 0 Å². The van der Waals surface area contributed by atoms with Crippen molar-refractivity contribution in [3.63, 3.8) is 0 Å². The first-order valence-corrected chi connectivity index (χ1v) is 7.91. The minimum absolute atomic E-state index is 0.156. The number of aromatic nitrogens is 2. The van der Waals surface area contributed by atoms with E-state index >= 15 is 0 Å². The van der Waals surface area contributed by atoms with E-state index in [2.05, 4.69) is 30.2 Å². The van der Waals surface area contributed by atoms with Crippen molar-refractivity contribution >= 4 is 21.7 Å². The predicted molar refractivity (Wildman–Crippen MR) is 81.9 cm³/mol. The van der Waals surface area contributed by atoms with Gasteiger partial charge in [-0.15, -0.1) is 0 Å². The molecule has 0 amide bonds. The van der Waals surface area contributed by atoms with Gasteiger partial charge in [-0.25, -0.2) is 0 Å². The van der Waals surface area contributed by atoms with E-state index in [-0.39, 0.29) is 10.7 Å². The Labute approximate surface area is 117 Å². The Kier molecular flexibility index (Phi) is 3.81. The van der Waals surface area contributed by atoms with Gasteiger partial charge in [-0.2, -0.15) is 5.10 Å². The fourth-order valence-electron chi connectivity index (χ4n) is 2.20. The van der Waals surface area contributed by atoms with Crippen LogP contribution in [0.5, 0.6) is 0 Å². The highest BCUT2D eigenvalue weighted by Crippen LogP contribution is 2.27. The van der Waals surface area contributed by atoms with E-state index in [4.69, 9.17) is 0 Å². The second-order valence-electron chi connectivity index (χ2n) is 6.07. The molecule has 0 saturated carbocycles. The van der Waals surface area contributed by atoms with E-state index in [1.165, 1.54) is 10.9 Å². The van der Waals surface area contributed by atoms with Crippen molar-refractivity contribution in [2.24, 2.45) is 7.05 Å². The van der Waals surface area contributed by atoms with Crippen LogP contribution >= 0.6 is 0 Å². The summed E-state index contributed by atoms with van der Waals surface area (Å²) in [6.45, 7) is 8.23. The average Bonchev–Trinajstić information content (AvgIpc) is 2.70. The van der Waals surface area contributed by atoms with Crippen molar-refractivity contribution in [3.05, 3.63) is 30.0 Å². The first-order valence-electron chi connectivity index (χ1n) is 6.60. The fourth-order valence-corrected chi connectivity index (χ4v) is 3.33. The van der Waals surface area contributed by atoms with Crippen LogP contribution in [-0.4, -0.2) is 24.5 Å². The molecule has 0 spiro atoms. The number of hydrogen-bond donors (Lipinski definition) is 0. The van der Waals surface area contributed by atoms with Gasteiger partial charge in [0.25, 0.3) is 0 Å². The summed E-state index contributed by atoms with van der Waals surface area (Å²) in [5, 5.41) is 5.48. The predicted octanol–water partition coefficient (Wildman–Crippen LogP) is 3.22. The molecule has 1 aromatic carbocycles. The lowest BCUT2D eigenvalue weighted by molar-refractivity contribution is 0.643. The third-order valence-corrected chi connectivity index (χ3v) is 5.61. The van der Waals surface area contributed by atoms with Crippen LogP contribution in [0.2, 0.25) is 0 Å². The first kappa shape index (κ1) is 14.3. The summed E-state index contributed by atoms with van der Waals surface area (Å²) in [5.74, 6) is 0.963. The Morgan fingerprint density at radius 1 is 1.37 bits per heavy atom. The topological polar surface area (TPSA) is 34.9 Å². The van der Waals surface area contributed by atoms with Gasteiger partial charge < -0.3 is 0 Å². The first-order chi connectivity index (χ1) is 8.80. The van der Waals surface area contributed by atoms with E-state index in [0.29, 0.717) is 5.75 Å². The molecule has 1 heterocycles. The van der Waals surface area contributed by atoms with Crippen LogP contribution in [0.25, 0.3) is 10.9 Å². The van der Waals surface area contributed by atoms with Crippen molar-refractivity contribution in [2.45, 2.75) is 38.4 Å². The second-order valence-corrected chi connectivity index (χ2v) is 8.32. The Hall–Kier alpha value is -1.16. The van der Waals surface area contributed by atoms with Gasteiger partial charge in [-0.05, 0) is 38.3 Å². The molecule has 1 aromatic heterocycles. The van der Waals surface area contributed by atoms with Gasteiger partial charge in [0.15, 0.2) is 0 Å². The van der Waals surface area contributed by atoms with Crippen LogP contribution in [0.1, 0.15) is 39.2 Å². The third kappa shape index (κ3) is 2.89. The van der Waals surface area contributed by atoms with E-state index in [0.717, 1.165) is 5.52 Å². The molecule has 0 aliphatic carbocycles. The zero-order valence-electron chi connectivity index (χ0n) is 12.3. The van der Waals surface area contributed by atoms with E-state index in [9.17, 15) is 4.21 Å². The summed E-state index contributed by atoms with van der Waals surface area (Å²) in [7, 11) is 1.12. The molecule has 2 atom stereocenters. The largest absolute Gasteiger partial charge is 0.268 e. The molecular weight excluding hydrogens is 256 g/mol. The SMILES string of the molecule is C[C@@H](C[S@@](=O)C(C)(C)C)c1cccc2c1cnn2C. The maximum absolute atomic E-state index is 12.3. The van der Waals surface area contributed by atoms with E-state index in [1.54, 1.807) is 0 Å². The molecule has 0 saturated heterocycles. The second kappa shape index (κ2) is 5.08. The average molecular weight is 278 g/mol. The Balaban J connectivity index is 2.32. The zero-order valence-corrected chi connectivity index (χ0v) is 13.1. The smallest absolute Gasteiger partial charge is 0.0681 e. The molecule has 0 aliphatic heterocycles. The molecule has 0 aliphatic rings. The Morgan fingerprint density at radius 3 is 2.68 bits per heavy atom. The van der Waals surface area contributed by atoms with Crippen LogP contribution in [0, 0.1) is 0 Å². The molecule has 3 nitrogen and oxygen atoms in total. The van der Waals surface area contributed by atoms with Gasteiger partial charge in [0.05, 0.1) is 11.7 Å². The highest BCUT2D eigenvalue weighted by molar-refractivity contribution is 7.86. The number of benzene rings is 1. The highest BCUT2D eigenvalue weighted by Gasteiger charge is 2.23. The van der Waals surface area contributed by atoms with Crippen LogP contribution in [0.4, 0.5) is 0 Å². The van der Waals surface area contributed by atoms with Crippen molar-refractivity contribution in [2.75, 3.05) is 5.75 Å². The third-order valence-electron chi connectivity index (χ3n) is 3.44. The Bertz CT molecular complexity index is 610. The van der Waals surface area contributed by atoms with Crippen LogP contribution in [0.3, 0.4) is 0 Å². The lowest BCUT2D eigenvalue weighted by Crippen LogP contribution is -2.26. The van der Waals surface area contributed by atoms with Crippen LogP contribution in [-0.2, 0) is 17.8 Å². The molecule has 0 bridgehead atoms. The normalized spacial score (nSPS) is 15.6. The van der Waals surface area contributed by atoms with Gasteiger partial charge in [0.2, 0.25) is 0 Å². The van der Waals surface area contributed by atoms with Gasteiger partial charge in [0.1, 0.15) is 0 Å². The molecule has 2 aromatic rings. The highest BCUT2D eigenvalue weighted by atomic mass is 32.2. The summed E-state index contributed by atoms with van der Waals surface area (Å²) in [6, 6.07) is 6.24. The maximum Gasteiger partial charge on any atom is 0.0681 e. The summed E-state index contributed by atoms with van der Waals surface area (Å²) < 4.78 is 14.0. The molecule has 2 rings (SSSR count). The van der Waals surface area contributed by atoms with Crippen molar-refractivity contribution in [1.29, 1.82) is 0 Å². The summed E-state index contributed by atoms with van der Waals surface area (Å²) in [5.41, 5.74) is 2.37. The van der Waals surface area contributed by atoms with Crippen molar-refractivity contribution < 1.29 is 4.21 Å². The lowest BCUT2D eigenvalue weighted by Gasteiger charge is -2.21. The van der Waals surface area contributed by atoms with Crippen molar-refractivity contribution in [1.82, 2.24) is 9.78 Å². The molecule has 4 heteroatoms. The summed E-state index contributed by atoms with van der Waals surface area (Å²) in [6.07, 6.45) is 1.90. The molecule has 0 radical (unpaired) electrons. The minimum atomic E-state index is -0.831. The quantitative estimate of drug-likeness (QED) is 0.864. The van der Waals surface area contributed by atoms with E-state index < -0.39 is 10.8 Å². The number of nitrogens with zero attached hydrogens (tertiary/aromatic N) is 2. The number of fused-ring (bicyclic) bond motifs is 1.